The number of hydrogen-bond donors (Lipinski definition) is 1. The molecule has 0 radical (unpaired) electrons. The number of nitrogens with one attached hydrogen (secondary N) is 1. The van der Waals surface area contributed by atoms with Gasteiger partial charge in [0, 0.05) is 13.2 Å². The van der Waals surface area contributed by atoms with Crippen molar-refractivity contribution in [2.24, 2.45) is 0 Å². The lowest BCUT2D eigenvalue weighted by atomic mass is 9.91. The van der Waals surface area contributed by atoms with Crippen molar-refractivity contribution < 1.29 is 14.3 Å². The fourth-order valence-corrected chi connectivity index (χ4v) is 2.18. The molecule has 4 heteroatoms. The number of carbonyl (C=O) groups excluding carboxylic acids is 1. The highest BCUT2D eigenvalue weighted by molar-refractivity contribution is 5.75. The quantitative estimate of drug-likeness (QED) is 0.813. The summed E-state index contributed by atoms with van der Waals surface area (Å²) in [5.41, 5.74) is 1.96. The molecule has 1 aromatic carbocycles. The van der Waals surface area contributed by atoms with Crippen molar-refractivity contribution in [1.29, 1.82) is 0 Å². The van der Waals surface area contributed by atoms with Gasteiger partial charge in [-0.25, -0.2) is 0 Å². The SMILES string of the molecule is COc1cc(C2CCOCC2)ccc1NC=O. The van der Waals surface area contributed by atoms with Crippen molar-refractivity contribution in [2.75, 3.05) is 25.6 Å². The molecule has 92 valence electrons. The van der Waals surface area contributed by atoms with Gasteiger partial charge in [-0.15, -0.1) is 0 Å². The first-order valence-electron chi connectivity index (χ1n) is 5.81. The molecule has 0 unspecified atom stereocenters. The van der Waals surface area contributed by atoms with E-state index in [1.807, 2.05) is 18.2 Å². The molecule has 1 heterocycles. The number of anilines is 1. The van der Waals surface area contributed by atoms with Crippen molar-refractivity contribution in [1.82, 2.24) is 0 Å². The van der Waals surface area contributed by atoms with E-state index in [1.165, 1.54) is 5.56 Å². The molecular formula is C13H17NO3. The van der Waals surface area contributed by atoms with Crippen LogP contribution in [0, 0.1) is 0 Å². The average molecular weight is 235 g/mol. The lowest BCUT2D eigenvalue weighted by Crippen LogP contribution is -2.14. The molecule has 1 aliphatic heterocycles. The smallest absolute Gasteiger partial charge is 0.211 e. The number of carbonyl (C=O) groups is 1. The highest BCUT2D eigenvalue weighted by Crippen LogP contribution is 2.32. The number of benzene rings is 1. The molecule has 17 heavy (non-hydrogen) atoms. The third-order valence-electron chi connectivity index (χ3n) is 3.13. The molecule has 1 saturated heterocycles. The third kappa shape index (κ3) is 2.77. The summed E-state index contributed by atoms with van der Waals surface area (Å²) in [6.07, 6.45) is 2.75. The van der Waals surface area contributed by atoms with Crippen molar-refractivity contribution in [3.05, 3.63) is 23.8 Å². The number of ether oxygens (including phenoxy) is 2. The van der Waals surface area contributed by atoms with Crippen LogP contribution in [0.5, 0.6) is 5.75 Å². The first-order chi connectivity index (χ1) is 8.35. The summed E-state index contributed by atoms with van der Waals surface area (Å²) < 4.78 is 10.6. The van der Waals surface area contributed by atoms with Gasteiger partial charge in [-0.3, -0.25) is 4.79 Å². The second-order valence-electron chi connectivity index (χ2n) is 4.11. The van der Waals surface area contributed by atoms with Gasteiger partial charge in [0.25, 0.3) is 0 Å². The van der Waals surface area contributed by atoms with E-state index in [1.54, 1.807) is 7.11 Å². The minimum atomic E-state index is 0.530. The molecule has 1 fully saturated rings. The Balaban J connectivity index is 2.20. The maximum absolute atomic E-state index is 10.4. The highest BCUT2D eigenvalue weighted by Gasteiger charge is 2.17. The Kier molecular flexibility index (Phi) is 3.98. The van der Waals surface area contributed by atoms with Gasteiger partial charge in [-0.05, 0) is 36.5 Å². The van der Waals surface area contributed by atoms with Gasteiger partial charge >= 0.3 is 0 Å². The van der Waals surface area contributed by atoms with Gasteiger partial charge in [0.1, 0.15) is 5.75 Å². The van der Waals surface area contributed by atoms with Crippen molar-refractivity contribution in [2.45, 2.75) is 18.8 Å². The Morgan fingerprint density at radius 1 is 1.41 bits per heavy atom. The number of hydrogen-bond acceptors (Lipinski definition) is 3. The number of amides is 1. The predicted molar refractivity (Wildman–Crippen MR) is 65.5 cm³/mol. The molecule has 0 aliphatic carbocycles. The van der Waals surface area contributed by atoms with Gasteiger partial charge < -0.3 is 14.8 Å². The first kappa shape index (κ1) is 11.9. The van der Waals surface area contributed by atoms with Crippen molar-refractivity contribution >= 4 is 12.1 Å². The molecular weight excluding hydrogens is 218 g/mol. The summed E-state index contributed by atoms with van der Waals surface area (Å²) in [6, 6.07) is 5.93. The van der Waals surface area contributed by atoms with Crippen LogP contribution in [0.15, 0.2) is 18.2 Å². The van der Waals surface area contributed by atoms with Gasteiger partial charge in [0.15, 0.2) is 0 Å². The van der Waals surface area contributed by atoms with Crippen molar-refractivity contribution in [3.8, 4) is 5.75 Å². The van der Waals surface area contributed by atoms with Crippen molar-refractivity contribution in [3.63, 3.8) is 0 Å². The maximum Gasteiger partial charge on any atom is 0.211 e. The number of rotatable bonds is 4. The van der Waals surface area contributed by atoms with Gasteiger partial charge in [-0.2, -0.15) is 0 Å². The fraction of sp³-hybridized carbons (Fsp3) is 0.462. The van der Waals surface area contributed by atoms with E-state index in [9.17, 15) is 4.79 Å². The Bertz CT molecular complexity index is 386. The normalized spacial score (nSPS) is 16.5. The lowest BCUT2D eigenvalue weighted by Gasteiger charge is -2.23. The predicted octanol–water partition coefficient (Wildman–Crippen LogP) is 2.16. The summed E-state index contributed by atoms with van der Waals surface area (Å²) in [7, 11) is 1.61. The molecule has 4 nitrogen and oxygen atoms in total. The largest absolute Gasteiger partial charge is 0.495 e. The van der Waals surface area contributed by atoms with Crippen LogP contribution in [0.3, 0.4) is 0 Å². The van der Waals surface area contributed by atoms with Gasteiger partial charge in [-0.1, -0.05) is 6.07 Å². The zero-order valence-electron chi connectivity index (χ0n) is 9.94. The molecule has 0 spiro atoms. The summed E-state index contributed by atoms with van der Waals surface area (Å²) in [5, 5.41) is 2.63. The summed E-state index contributed by atoms with van der Waals surface area (Å²) >= 11 is 0. The van der Waals surface area contributed by atoms with E-state index in [0.29, 0.717) is 23.8 Å². The summed E-state index contributed by atoms with van der Waals surface area (Å²) in [5.74, 6) is 1.24. The molecule has 0 bridgehead atoms. The lowest BCUT2D eigenvalue weighted by molar-refractivity contribution is -0.105. The van der Waals surface area contributed by atoms with Gasteiger partial charge in [0.2, 0.25) is 6.41 Å². The molecule has 1 amide bonds. The second-order valence-corrected chi connectivity index (χ2v) is 4.11. The fourth-order valence-electron chi connectivity index (χ4n) is 2.18. The monoisotopic (exact) mass is 235 g/mol. The zero-order valence-corrected chi connectivity index (χ0v) is 9.94. The average Bonchev–Trinajstić information content (AvgIpc) is 2.40. The molecule has 0 saturated carbocycles. The van der Waals surface area contributed by atoms with E-state index < -0.39 is 0 Å². The Hall–Kier alpha value is -1.55. The molecule has 0 atom stereocenters. The zero-order chi connectivity index (χ0) is 12.1. The van der Waals surface area contributed by atoms with Crippen LogP contribution >= 0.6 is 0 Å². The summed E-state index contributed by atoms with van der Waals surface area (Å²) in [4.78, 5) is 10.4. The van der Waals surface area contributed by atoms with Crippen LogP contribution < -0.4 is 10.1 Å². The molecule has 2 rings (SSSR count). The molecule has 1 N–H and O–H groups in total. The Morgan fingerprint density at radius 3 is 2.82 bits per heavy atom. The third-order valence-corrected chi connectivity index (χ3v) is 3.13. The Morgan fingerprint density at radius 2 is 2.18 bits per heavy atom. The minimum absolute atomic E-state index is 0.530. The van der Waals surface area contributed by atoms with Crippen LogP contribution in [0.1, 0.15) is 24.3 Å². The second kappa shape index (κ2) is 5.68. The highest BCUT2D eigenvalue weighted by atomic mass is 16.5. The molecule has 1 aromatic rings. The van der Waals surface area contributed by atoms with Crippen LogP contribution in [-0.2, 0) is 9.53 Å². The summed E-state index contributed by atoms with van der Waals surface area (Å²) in [6.45, 7) is 1.64. The van der Waals surface area contributed by atoms with Crippen LogP contribution in [0.4, 0.5) is 5.69 Å². The maximum atomic E-state index is 10.4. The van der Waals surface area contributed by atoms with E-state index >= 15 is 0 Å². The standard InChI is InChI=1S/C13H17NO3/c1-16-13-8-11(2-3-12(13)14-9-15)10-4-6-17-7-5-10/h2-3,8-10H,4-7H2,1H3,(H,14,15). The first-order valence-corrected chi connectivity index (χ1v) is 5.81. The van der Waals surface area contributed by atoms with Gasteiger partial charge in [0.05, 0.1) is 12.8 Å². The minimum Gasteiger partial charge on any atom is -0.495 e. The molecule has 0 aromatic heterocycles. The van der Waals surface area contributed by atoms with Crippen LogP contribution in [-0.4, -0.2) is 26.7 Å². The molecule has 1 aliphatic rings. The van der Waals surface area contributed by atoms with E-state index in [2.05, 4.69) is 5.32 Å². The number of methoxy groups -OCH3 is 1. The van der Waals surface area contributed by atoms with E-state index in [0.717, 1.165) is 26.1 Å². The Labute approximate surface area is 101 Å². The van der Waals surface area contributed by atoms with E-state index in [4.69, 9.17) is 9.47 Å². The van der Waals surface area contributed by atoms with E-state index in [-0.39, 0.29) is 0 Å². The van der Waals surface area contributed by atoms with Crippen LogP contribution in [0.25, 0.3) is 0 Å². The topological polar surface area (TPSA) is 47.6 Å². The van der Waals surface area contributed by atoms with Crippen LogP contribution in [0.2, 0.25) is 0 Å².